The van der Waals surface area contributed by atoms with Crippen LogP contribution in [-0.2, 0) is 11.3 Å². The third-order valence-electron chi connectivity index (χ3n) is 4.68. The lowest BCUT2D eigenvalue weighted by atomic mass is 10.0. The Morgan fingerprint density at radius 1 is 1.20 bits per heavy atom. The van der Waals surface area contributed by atoms with Gasteiger partial charge in [-0.05, 0) is 70.0 Å². The number of carbonyl (C=O) groups is 1. The first-order valence-corrected chi connectivity index (χ1v) is 8.90. The maximum atomic E-state index is 13.1. The summed E-state index contributed by atoms with van der Waals surface area (Å²) in [5.41, 5.74) is 4.20. The molecule has 1 aromatic heterocycles. The molecule has 1 atom stereocenters. The summed E-state index contributed by atoms with van der Waals surface area (Å²) >= 11 is 0. The predicted octanol–water partition coefficient (Wildman–Crippen LogP) is 2.39. The second-order valence-electron chi connectivity index (χ2n) is 6.74. The molecule has 7 nitrogen and oxygen atoms in total. The quantitative estimate of drug-likeness (QED) is 0.903. The van der Waals surface area contributed by atoms with E-state index in [2.05, 4.69) is 44.7 Å². The number of carbonyl (C=O) groups excluding carboxylic acids is 1. The van der Waals surface area contributed by atoms with Gasteiger partial charge in [-0.25, -0.2) is 0 Å². The summed E-state index contributed by atoms with van der Waals surface area (Å²) in [4.78, 5) is 16.8. The molecule has 0 saturated carbocycles. The van der Waals surface area contributed by atoms with Crippen LogP contribution < -0.4 is 5.32 Å². The molecule has 2 heterocycles. The lowest BCUT2D eigenvalue weighted by molar-refractivity contribution is -0.121. The van der Waals surface area contributed by atoms with Gasteiger partial charge in [0.1, 0.15) is 0 Å². The molecule has 3 rings (SSSR count). The summed E-state index contributed by atoms with van der Waals surface area (Å²) in [5.74, 6) is 0.385. The van der Waals surface area contributed by atoms with Gasteiger partial charge in [0.05, 0.1) is 6.54 Å². The zero-order chi connectivity index (χ0) is 18.0. The Labute approximate surface area is 148 Å². The zero-order valence-electron chi connectivity index (χ0n) is 15.4. The fourth-order valence-electron chi connectivity index (χ4n) is 3.51. The van der Waals surface area contributed by atoms with Crippen LogP contribution >= 0.6 is 0 Å². The Bertz CT molecular complexity index is 740. The molecule has 1 aliphatic rings. The minimum Gasteiger partial charge on any atom is -0.324 e. The van der Waals surface area contributed by atoms with Crippen molar-refractivity contribution in [2.75, 3.05) is 18.4 Å². The molecule has 1 saturated heterocycles. The SMILES string of the molecule is CCn1nnc(C(C(=O)Nc2c(C)cc(C)cc2C)N2CCCC2)n1. The highest BCUT2D eigenvalue weighted by Gasteiger charge is 2.33. The van der Waals surface area contributed by atoms with Crippen LogP contribution in [0.4, 0.5) is 5.69 Å². The molecule has 0 aliphatic carbocycles. The third kappa shape index (κ3) is 3.71. The third-order valence-corrected chi connectivity index (χ3v) is 4.68. The number of likely N-dealkylation sites (tertiary alicyclic amines) is 1. The van der Waals surface area contributed by atoms with E-state index in [0.717, 1.165) is 42.7 Å². The summed E-state index contributed by atoms with van der Waals surface area (Å²) in [7, 11) is 0. The van der Waals surface area contributed by atoms with Gasteiger partial charge in [-0.15, -0.1) is 10.2 Å². The van der Waals surface area contributed by atoms with Gasteiger partial charge in [0.2, 0.25) is 11.7 Å². The maximum absolute atomic E-state index is 13.1. The van der Waals surface area contributed by atoms with Crippen LogP contribution in [0.1, 0.15) is 48.3 Å². The lowest BCUT2D eigenvalue weighted by Crippen LogP contribution is -2.36. The van der Waals surface area contributed by atoms with Crippen molar-refractivity contribution >= 4 is 11.6 Å². The molecular formula is C18H26N6O. The molecule has 0 spiro atoms. The normalized spacial score (nSPS) is 16.2. The predicted molar refractivity (Wildman–Crippen MR) is 96.3 cm³/mol. The second-order valence-corrected chi connectivity index (χ2v) is 6.74. The zero-order valence-corrected chi connectivity index (χ0v) is 15.4. The highest BCUT2D eigenvalue weighted by atomic mass is 16.2. The number of tetrazole rings is 1. The van der Waals surface area contributed by atoms with E-state index in [4.69, 9.17) is 0 Å². The summed E-state index contributed by atoms with van der Waals surface area (Å²) in [6.07, 6.45) is 2.18. The highest BCUT2D eigenvalue weighted by Crippen LogP contribution is 2.27. The number of nitrogens with zero attached hydrogens (tertiary/aromatic N) is 5. The molecule has 1 amide bonds. The standard InChI is InChI=1S/C18H26N6O/c1-5-24-21-17(20-22-24)16(23-8-6-7-9-23)18(25)19-15-13(3)10-12(2)11-14(15)4/h10-11,16H,5-9H2,1-4H3,(H,19,25). The van der Waals surface area contributed by atoms with Crippen LogP contribution in [0.15, 0.2) is 12.1 Å². The number of amides is 1. The van der Waals surface area contributed by atoms with Gasteiger partial charge in [0, 0.05) is 5.69 Å². The van der Waals surface area contributed by atoms with Crippen molar-refractivity contribution in [3.05, 3.63) is 34.6 Å². The van der Waals surface area contributed by atoms with Crippen molar-refractivity contribution in [1.29, 1.82) is 0 Å². The average Bonchev–Trinajstić information content (AvgIpc) is 3.23. The van der Waals surface area contributed by atoms with Gasteiger partial charge < -0.3 is 5.32 Å². The molecule has 1 fully saturated rings. The molecular weight excluding hydrogens is 316 g/mol. The number of hydrogen-bond acceptors (Lipinski definition) is 5. The summed E-state index contributed by atoms with van der Waals surface area (Å²) in [5, 5.41) is 15.7. The number of hydrogen-bond donors (Lipinski definition) is 1. The summed E-state index contributed by atoms with van der Waals surface area (Å²) in [6.45, 7) is 10.5. The van der Waals surface area contributed by atoms with Gasteiger partial charge in [-0.3, -0.25) is 9.69 Å². The van der Waals surface area contributed by atoms with E-state index in [1.165, 1.54) is 10.4 Å². The fourth-order valence-corrected chi connectivity index (χ4v) is 3.51. The molecule has 1 aliphatic heterocycles. The minimum absolute atomic E-state index is 0.0902. The maximum Gasteiger partial charge on any atom is 0.249 e. The van der Waals surface area contributed by atoms with E-state index in [-0.39, 0.29) is 5.91 Å². The number of nitrogens with one attached hydrogen (secondary N) is 1. The average molecular weight is 342 g/mol. The van der Waals surface area contributed by atoms with Crippen molar-refractivity contribution in [1.82, 2.24) is 25.1 Å². The first-order chi connectivity index (χ1) is 12.0. The van der Waals surface area contributed by atoms with E-state index < -0.39 is 6.04 Å². The molecule has 25 heavy (non-hydrogen) atoms. The topological polar surface area (TPSA) is 75.9 Å². The van der Waals surface area contributed by atoms with E-state index in [9.17, 15) is 4.79 Å². The van der Waals surface area contributed by atoms with Crippen molar-refractivity contribution in [3.63, 3.8) is 0 Å². The van der Waals surface area contributed by atoms with Gasteiger partial charge in [0.25, 0.3) is 0 Å². The van der Waals surface area contributed by atoms with Crippen LogP contribution in [0, 0.1) is 20.8 Å². The van der Waals surface area contributed by atoms with E-state index in [1.54, 1.807) is 0 Å². The largest absolute Gasteiger partial charge is 0.324 e. The minimum atomic E-state index is -0.497. The number of anilines is 1. The molecule has 2 aromatic rings. The van der Waals surface area contributed by atoms with E-state index in [0.29, 0.717) is 12.4 Å². The molecule has 134 valence electrons. The van der Waals surface area contributed by atoms with Gasteiger partial charge >= 0.3 is 0 Å². The second kappa shape index (κ2) is 7.31. The fraction of sp³-hybridized carbons (Fsp3) is 0.556. The van der Waals surface area contributed by atoms with E-state index >= 15 is 0 Å². The van der Waals surface area contributed by atoms with Crippen LogP contribution in [-0.4, -0.2) is 44.1 Å². The first-order valence-electron chi connectivity index (χ1n) is 8.90. The Kier molecular flexibility index (Phi) is 5.13. The van der Waals surface area contributed by atoms with Crippen LogP contribution in [0.2, 0.25) is 0 Å². The smallest absolute Gasteiger partial charge is 0.249 e. The van der Waals surface area contributed by atoms with Crippen molar-refractivity contribution < 1.29 is 4.79 Å². The molecule has 0 bridgehead atoms. The van der Waals surface area contributed by atoms with Crippen molar-refractivity contribution in [3.8, 4) is 0 Å². The summed E-state index contributed by atoms with van der Waals surface area (Å²) < 4.78 is 0. The van der Waals surface area contributed by atoms with Gasteiger partial charge in [-0.1, -0.05) is 17.7 Å². The molecule has 1 N–H and O–H groups in total. The highest BCUT2D eigenvalue weighted by molar-refractivity contribution is 5.96. The monoisotopic (exact) mass is 342 g/mol. The van der Waals surface area contributed by atoms with Gasteiger partial charge in [-0.2, -0.15) is 4.80 Å². The number of aromatic nitrogens is 4. The Morgan fingerprint density at radius 2 is 1.84 bits per heavy atom. The van der Waals surface area contributed by atoms with Crippen LogP contribution in [0.3, 0.4) is 0 Å². The molecule has 0 radical (unpaired) electrons. The molecule has 1 aromatic carbocycles. The Morgan fingerprint density at radius 3 is 2.40 bits per heavy atom. The van der Waals surface area contributed by atoms with Gasteiger partial charge in [0.15, 0.2) is 6.04 Å². The molecule has 7 heteroatoms. The molecule has 1 unspecified atom stereocenters. The number of rotatable bonds is 5. The van der Waals surface area contributed by atoms with Crippen molar-refractivity contribution in [2.24, 2.45) is 0 Å². The van der Waals surface area contributed by atoms with E-state index in [1.807, 2.05) is 20.8 Å². The van der Waals surface area contributed by atoms with Crippen LogP contribution in [0.25, 0.3) is 0 Å². The Balaban J connectivity index is 1.89. The lowest BCUT2D eigenvalue weighted by Gasteiger charge is -2.24. The number of benzene rings is 1. The van der Waals surface area contributed by atoms with Crippen LogP contribution in [0.5, 0.6) is 0 Å². The first kappa shape index (κ1) is 17.5. The number of aryl methyl sites for hydroxylation is 4. The Hall–Kier alpha value is -2.28. The summed E-state index contributed by atoms with van der Waals surface area (Å²) in [6, 6.07) is 3.67. The van der Waals surface area contributed by atoms with Crippen molar-refractivity contribution in [2.45, 2.75) is 53.1 Å².